The maximum Gasteiger partial charge on any atom is 0.348 e. The van der Waals surface area contributed by atoms with Crippen molar-refractivity contribution < 1.29 is 29.3 Å². The highest BCUT2D eigenvalue weighted by Gasteiger charge is 2.26. The molecular weight excluding hydrogens is 286 g/mol. The second-order valence-corrected chi connectivity index (χ2v) is 4.69. The number of benzene rings is 1. The van der Waals surface area contributed by atoms with Crippen molar-refractivity contribution in [2.75, 3.05) is 6.79 Å². The van der Waals surface area contributed by atoms with Crippen LogP contribution in [0.1, 0.15) is 20.0 Å². The Balaban J connectivity index is 2.15. The molecule has 7 nitrogen and oxygen atoms in total. The molecule has 1 aliphatic rings. The monoisotopic (exact) mass is 293 g/mol. The van der Waals surface area contributed by atoms with E-state index in [1.165, 1.54) is 0 Å². The van der Waals surface area contributed by atoms with Gasteiger partial charge in [0.25, 0.3) is 0 Å². The van der Waals surface area contributed by atoms with Crippen molar-refractivity contribution in [1.29, 1.82) is 0 Å². The lowest BCUT2D eigenvalue weighted by atomic mass is 10.1. The van der Waals surface area contributed by atoms with E-state index < -0.39 is 11.9 Å². The molecule has 0 fully saturated rings. The highest BCUT2D eigenvalue weighted by molar-refractivity contribution is 7.08. The number of carboxylic acids is 2. The SMILES string of the molecule is O=C(O)c1snc(-c2ccc3c(c2)OCO3)c1C(=O)O. The number of carboxylic acid groups (broad SMARTS) is 2. The number of aromatic nitrogens is 1. The molecule has 2 N–H and O–H groups in total. The third-order valence-corrected chi connectivity index (χ3v) is 3.58. The average Bonchev–Trinajstić information content (AvgIpc) is 3.04. The van der Waals surface area contributed by atoms with Crippen LogP contribution in [0.3, 0.4) is 0 Å². The Bertz CT molecular complexity index is 723. The van der Waals surface area contributed by atoms with Crippen LogP contribution in [0.5, 0.6) is 11.5 Å². The normalized spacial score (nSPS) is 12.4. The number of hydrogen-bond acceptors (Lipinski definition) is 6. The van der Waals surface area contributed by atoms with E-state index in [2.05, 4.69) is 4.37 Å². The van der Waals surface area contributed by atoms with Crippen LogP contribution in [-0.2, 0) is 0 Å². The van der Waals surface area contributed by atoms with E-state index in [9.17, 15) is 14.7 Å². The standard InChI is InChI=1S/C12H7NO6S/c14-11(15)8-9(13-20-10(8)12(16)17)5-1-2-6-7(3-5)19-4-18-6/h1-3H,4H2,(H,14,15)(H,16,17). The van der Waals surface area contributed by atoms with Crippen molar-refractivity contribution >= 4 is 23.5 Å². The summed E-state index contributed by atoms with van der Waals surface area (Å²) in [4.78, 5) is 22.0. The molecule has 0 aliphatic carbocycles. The molecule has 0 atom stereocenters. The van der Waals surface area contributed by atoms with E-state index in [4.69, 9.17) is 14.6 Å². The third-order valence-electron chi connectivity index (χ3n) is 2.75. The van der Waals surface area contributed by atoms with Gasteiger partial charge in [0.15, 0.2) is 11.5 Å². The minimum absolute atomic E-state index is 0.0992. The quantitative estimate of drug-likeness (QED) is 0.890. The highest BCUT2D eigenvalue weighted by Crippen LogP contribution is 2.37. The van der Waals surface area contributed by atoms with Crippen LogP contribution in [-0.4, -0.2) is 33.3 Å². The van der Waals surface area contributed by atoms with E-state index in [1.54, 1.807) is 18.2 Å². The van der Waals surface area contributed by atoms with Crippen LogP contribution in [0.2, 0.25) is 0 Å². The number of rotatable bonds is 3. The maximum atomic E-state index is 11.3. The first-order valence-electron chi connectivity index (χ1n) is 5.44. The Morgan fingerprint density at radius 3 is 2.60 bits per heavy atom. The van der Waals surface area contributed by atoms with Crippen molar-refractivity contribution in [1.82, 2.24) is 4.37 Å². The van der Waals surface area contributed by atoms with Crippen molar-refractivity contribution in [3.8, 4) is 22.8 Å². The van der Waals surface area contributed by atoms with Gasteiger partial charge >= 0.3 is 11.9 Å². The second-order valence-electron chi connectivity index (χ2n) is 3.91. The summed E-state index contributed by atoms with van der Waals surface area (Å²) < 4.78 is 14.3. The third kappa shape index (κ3) is 1.86. The largest absolute Gasteiger partial charge is 0.478 e. The summed E-state index contributed by atoms with van der Waals surface area (Å²) in [5.41, 5.74) is 0.259. The highest BCUT2D eigenvalue weighted by atomic mass is 32.1. The minimum Gasteiger partial charge on any atom is -0.478 e. The van der Waals surface area contributed by atoms with E-state index >= 15 is 0 Å². The van der Waals surface area contributed by atoms with Crippen LogP contribution in [0.15, 0.2) is 18.2 Å². The van der Waals surface area contributed by atoms with Crippen LogP contribution in [0, 0.1) is 0 Å². The summed E-state index contributed by atoms with van der Waals surface area (Å²) in [7, 11) is 0. The summed E-state index contributed by atoms with van der Waals surface area (Å²) in [6.07, 6.45) is 0. The second kappa shape index (κ2) is 4.49. The number of aromatic carboxylic acids is 2. The van der Waals surface area contributed by atoms with Crippen LogP contribution < -0.4 is 9.47 Å². The zero-order valence-corrected chi connectivity index (χ0v) is 10.6. The van der Waals surface area contributed by atoms with Crippen molar-refractivity contribution in [3.63, 3.8) is 0 Å². The first-order valence-corrected chi connectivity index (χ1v) is 6.21. The van der Waals surface area contributed by atoms with Gasteiger partial charge in [-0.25, -0.2) is 9.59 Å². The van der Waals surface area contributed by atoms with Gasteiger partial charge in [-0.15, -0.1) is 0 Å². The molecular formula is C12H7NO6S. The lowest BCUT2D eigenvalue weighted by molar-refractivity contribution is 0.0656. The van der Waals surface area contributed by atoms with Gasteiger partial charge in [-0.05, 0) is 29.7 Å². The number of ether oxygens (including phenoxy) is 2. The molecule has 0 bridgehead atoms. The molecule has 20 heavy (non-hydrogen) atoms. The summed E-state index contributed by atoms with van der Waals surface area (Å²) in [6.45, 7) is 0.0992. The van der Waals surface area contributed by atoms with Gasteiger partial charge in [-0.1, -0.05) is 0 Å². The minimum atomic E-state index is -1.33. The fourth-order valence-corrected chi connectivity index (χ4v) is 2.61. The lowest BCUT2D eigenvalue weighted by Crippen LogP contribution is -2.05. The smallest absolute Gasteiger partial charge is 0.348 e. The molecule has 0 spiro atoms. The number of fused-ring (bicyclic) bond motifs is 1. The first kappa shape index (κ1) is 12.4. The molecule has 1 aromatic heterocycles. The molecule has 2 aromatic rings. The first-order chi connectivity index (χ1) is 9.58. The Morgan fingerprint density at radius 2 is 1.90 bits per heavy atom. The molecule has 0 saturated heterocycles. The van der Waals surface area contributed by atoms with Crippen molar-refractivity contribution in [2.24, 2.45) is 0 Å². The Labute approximate surface area is 116 Å². The number of hydrogen-bond donors (Lipinski definition) is 2. The predicted molar refractivity (Wildman–Crippen MR) is 67.6 cm³/mol. The number of nitrogens with zero attached hydrogens (tertiary/aromatic N) is 1. The zero-order chi connectivity index (χ0) is 14.3. The molecule has 1 aromatic carbocycles. The fraction of sp³-hybridized carbons (Fsp3) is 0.0833. The summed E-state index contributed by atoms with van der Waals surface area (Å²) in [6, 6.07) is 4.82. The molecule has 0 radical (unpaired) electrons. The van der Waals surface area contributed by atoms with Gasteiger partial charge < -0.3 is 19.7 Å². The van der Waals surface area contributed by atoms with E-state index in [0.717, 1.165) is 0 Å². The Hall–Kier alpha value is -2.61. The van der Waals surface area contributed by atoms with E-state index in [0.29, 0.717) is 28.6 Å². The van der Waals surface area contributed by atoms with Crippen molar-refractivity contribution in [2.45, 2.75) is 0 Å². The topological polar surface area (TPSA) is 106 Å². The molecule has 8 heteroatoms. The van der Waals surface area contributed by atoms with E-state index in [1.807, 2.05) is 0 Å². The van der Waals surface area contributed by atoms with E-state index in [-0.39, 0.29) is 22.9 Å². The van der Waals surface area contributed by atoms with Crippen LogP contribution in [0.25, 0.3) is 11.3 Å². The number of carbonyl (C=O) groups is 2. The molecule has 3 rings (SSSR count). The van der Waals surface area contributed by atoms with Crippen molar-refractivity contribution in [3.05, 3.63) is 28.6 Å². The van der Waals surface area contributed by atoms with Gasteiger partial charge in [-0.3, -0.25) is 0 Å². The van der Waals surface area contributed by atoms with Gasteiger partial charge in [0.05, 0.1) is 5.69 Å². The Morgan fingerprint density at radius 1 is 1.15 bits per heavy atom. The molecule has 0 saturated carbocycles. The van der Waals surface area contributed by atoms with Gasteiger partial charge in [-0.2, -0.15) is 4.37 Å². The fourth-order valence-electron chi connectivity index (χ4n) is 1.88. The van der Waals surface area contributed by atoms with Gasteiger partial charge in [0.1, 0.15) is 10.4 Å². The summed E-state index contributed by atoms with van der Waals surface area (Å²) in [5, 5.41) is 18.2. The van der Waals surface area contributed by atoms with Gasteiger partial charge in [0, 0.05) is 5.56 Å². The molecule has 1 aliphatic heterocycles. The zero-order valence-electron chi connectivity index (χ0n) is 9.82. The lowest BCUT2D eigenvalue weighted by Gasteiger charge is -2.02. The molecule has 0 unspecified atom stereocenters. The molecule has 102 valence electrons. The van der Waals surface area contributed by atoms with Crippen LogP contribution >= 0.6 is 11.5 Å². The molecule has 0 amide bonds. The Kier molecular flexibility index (Phi) is 2.79. The maximum absolute atomic E-state index is 11.3. The summed E-state index contributed by atoms with van der Waals surface area (Å²) >= 11 is 0.638. The average molecular weight is 293 g/mol. The van der Waals surface area contributed by atoms with Crippen LogP contribution in [0.4, 0.5) is 0 Å². The van der Waals surface area contributed by atoms with Gasteiger partial charge in [0.2, 0.25) is 6.79 Å². The summed E-state index contributed by atoms with van der Waals surface area (Å²) in [5.74, 6) is -1.61. The molecule has 2 heterocycles. The predicted octanol–water partition coefficient (Wildman–Crippen LogP) is 1.94.